The zero-order valence-corrected chi connectivity index (χ0v) is 32.9. The zero-order valence-electron chi connectivity index (χ0n) is 30.9. The molecular weight excluding hydrogens is 593 g/mol. The molecule has 0 N–H and O–H groups in total. The fraction of sp³-hybridized carbons (Fsp3) is 0.921. The molecule has 4 aliphatic carbocycles. The lowest BCUT2D eigenvalue weighted by atomic mass is 9.46. The van der Waals surface area contributed by atoms with Gasteiger partial charge in [0.1, 0.15) is 0 Å². The van der Waals surface area contributed by atoms with E-state index >= 15 is 0 Å². The van der Waals surface area contributed by atoms with Crippen molar-refractivity contribution in [3.05, 3.63) is 11.8 Å². The zero-order chi connectivity index (χ0) is 33.0. The van der Waals surface area contributed by atoms with E-state index < -0.39 is 16.6 Å². The summed E-state index contributed by atoms with van der Waals surface area (Å²) < 4.78 is 25.5. The van der Waals surface area contributed by atoms with Gasteiger partial charge in [-0.3, -0.25) is 4.79 Å². The van der Waals surface area contributed by atoms with E-state index in [0.717, 1.165) is 32.1 Å². The maximum Gasteiger partial charge on any atom is 0.308 e. The van der Waals surface area contributed by atoms with Gasteiger partial charge in [0.2, 0.25) is 14.6 Å². The highest BCUT2D eigenvalue weighted by Gasteiger charge is 2.62. The standard InChI is InChI=1S/C38H68O5Si2/c1-26(15-18-33(39)41-34-14-12-13-23-40-34)29-16-17-30-35-31(20-22-38(29,30)6)37(5)21-19-28(42-45(10,11)36(2,3)4)24-27(37)25-32(35)43-44(7,8)9/h25-31,34-35H,12-24H2,1-11H3/t26-,27+,28-,29-,30+,31+,34?,35+,37+,38-/m1/s1. The fourth-order valence-corrected chi connectivity index (χ4v) is 12.6. The van der Waals surface area contributed by atoms with Crippen LogP contribution in [-0.2, 0) is 23.1 Å². The molecule has 0 amide bonds. The highest BCUT2D eigenvalue weighted by molar-refractivity contribution is 6.74. The molecule has 0 radical (unpaired) electrons. The van der Waals surface area contributed by atoms with Crippen molar-refractivity contribution in [3.63, 3.8) is 0 Å². The van der Waals surface area contributed by atoms with E-state index in [1.807, 2.05) is 0 Å². The Morgan fingerprint density at radius 3 is 2.31 bits per heavy atom. The molecule has 3 saturated carbocycles. The van der Waals surface area contributed by atoms with Gasteiger partial charge in [-0.05, 0) is 148 Å². The molecule has 0 aromatic carbocycles. The molecule has 5 aliphatic rings. The molecule has 10 atom stereocenters. The van der Waals surface area contributed by atoms with Crippen molar-refractivity contribution in [1.82, 2.24) is 0 Å². The van der Waals surface area contributed by atoms with E-state index in [-0.39, 0.29) is 17.3 Å². The molecule has 0 bridgehead atoms. The number of carbonyl (C=O) groups excluding carboxylic acids is 1. The summed E-state index contributed by atoms with van der Waals surface area (Å²) in [5.41, 5.74) is 0.616. The monoisotopic (exact) mass is 660 g/mol. The highest BCUT2D eigenvalue weighted by Crippen LogP contribution is 2.68. The van der Waals surface area contributed by atoms with Crippen LogP contribution in [0.4, 0.5) is 0 Å². The van der Waals surface area contributed by atoms with Crippen molar-refractivity contribution in [3.8, 4) is 0 Å². The summed E-state index contributed by atoms with van der Waals surface area (Å²) in [5, 5.41) is 0.238. The third-order valence-electron chi connectivity index (χ3n) is 13.8. The third-order valence-corrected chi connectivity index (χ3v) is 19.2. The first-order chi connectivity index (χ1) is 20.8. The molecule has 5 nitrogen and oxygen atoms in total. The number of carbonyl (C=O) groups is 1. The SMILES string of the molecule is C[C@H](CCC(=O)OC1CCCCO1)[C@H]1CC[C@H]2[C@@H]3C(O[Si](C)(C)C)=C[C@@H]4C[C@H](O[Si](C)(C)C(C)(C)C)CC[C@]4(C)[C@H]3CC[C@]12C. The second kappa shape index (κ2) is 13.0. The summed E-state index contributed by atoms with van der Waals surface area (Å²) in [6.07, 6.45) is 15.9. The Labute approximate surface area is 278 Å². The van der Waals surface area contributed by atoms with Crippen molar-refractivity contribution in [2.24, 2.45) is 46.3 Å². The fourth-order valence-electron chi connectivity index (χ4n) is 10.3. The van der Waals surface area contributed by atoms with E-state index in [1.165, 1.54) is 44.3 Å². The minimum Gasteiger partial charge on any atom is -0.547 e. The molecule has 1 heterocycles. The molecule has 45 heavy (non-hydrogen) atoms. The van der Waals surface area contributed by atoms with Gasteiger partial charge in [0.05, 0.1) is 12.4 Å². The van der Waals surface area contributed by atoms with Crippen LogP contribution in [0.3, 0.4) is 0 Å². The molecular formula is C38H68O5Si2. The number of fused-ring (bicyclic) bond motifs is 5. The molecule has 0 aromatic heterocycles. The molecule has 1 saturated heterocycles. The molecule has 258 valence electrons. The maximum absolute atomic E-state index is 12.7. The molecule has 0 aromatic rings. The third kappa shape index (κ3) is 7.37. The Hall–Kier alpha value is -0.636. The lowest BCUT2D eigenvalue weighted by Gasteiger charge is -2.61. The number of ether oxygens (including phenoxy) is 2. The average Bonchev–Trinajstić information content (AvgIpc) is 3.28. The number of allylic oxidation sites excluding steroid dienone is 2. The van der Waals surface area contributed by atoms with Crippen molar-refractivity contribution >= 4 is 22.6 Å². The topological polar surface area (TPSA) is 54.0 Å². The van der Waals surface area contributed by atoms with Gasteiger partial charge in [-0.15, -0.1) is 0 Å². The predicted octanol–water partition coefficient (Wildman–Crippen LogP) is 10.5. The molecule has 1 unspecified atom stereocenters. The van der Waals surface area contributed by atoms with Crippen LogP contribution >= 0.6 is 0 Å². The van der Waals surface area contributed by atoms with Gasteiger partial charge in [0.25, 0.3) is 0 Å². The largest absolute Gasteiger partial charge is 0.547 e. The maximum atomic E-state index is 12.7. The molecule has 1 aliphatic heterocycles. The summed E-state index contributed by atoms with van der Waals surface area (Å²) in [6, 6.07) is 0. The summed E-state index contributed by atoms with van der Waals surface area (Å²) in [5.74, 6) is 4.85. The predicted molar refractivity (Wildman–Crippen MR) is 189 cm³/mol. The van der Waals surface area contributed by atoms with E-state index in [1.54, 1.807) is 0 Å². The van der Waals surface area contributed by atoms with Crippen LogP contribution in [0, 0.1) is 46.3 Å². The summed E-state index contributed by atoms with van der Waals surface area (Å²) >= 11 is 0. The van der Waals surface area contributed by atoms with E-state index in [0.29, 0.717) is 65.5 Å². The Kier molecular flexibility index (Phi) is 10.3. The van der Waals surface area contributed by atoms with Gasteiger partial charge in [-0.2, -0.15) is 0 Å². The minimum atomic E-state index is -1.82. The van der Waals surface area contributed by atoms with Crippen LogP contribution in [0.1, 0.15) is 119 Å². The summed E-state index contributed by atoms with van der Waals surface area (Å²) in [7, 11) is -3.60. The summed E-state index contributed by atoms with van der Waals surface area (Å²) in [4.78, 5) is 12.7. The Morgan fingerprint density at radius 1 is 0.978 bits per heavy atom. The van der Waals surface area contributed by atoms with E-state index in [2.05, 4.69) is 80.4 Å². The van der Waals surface area contributed by atoms with Crippen LogP contribution in [0.2, 0.25) is 37.8 Å². The molecule has 7 heteroatoms. The Morgan fingerprint density at radius 2 is 1.67 bits per heavy atom. The van der Waals surface area contributed by atoms with Gasteiger partial charge in [-0.1, -0.05) is 41.5 Å². The van der Waals surface area contributed by atoms with Crippen molar-refractivity contribution in [2.45, 2.75) is 169 Å². The van der Waals surface area contributed by atoms with Gasteiger partial charge < -0.3 is 18.3 Å². The lowest BCUT2D eigenvalue weighted by molar-refractivity contribution is -0.187. The normalized spacial score (nSPS) is 39.6. The number of hydrogen-bond acceptors (Lipinski definition) is 5. The Balaban J connectivity index is 1.33. The smallest absolute Gasteiger partial charge is 0.308 e. The average molecular weight is 661 g/mol. The highest BCUT2D eigenvalue weighted by atomic mass is 28.4. The van der Waals surface area contributed by atoms with Crippen molar-refractivity contribution in [1.29, 1.82) is 0 Å². The van der Waals surface area contributed by atoms with Gasteiger partial charge in [-0.25, -0.2) is 0 Å². The molecule has 0 spiro atoms. The Bertz CT molecular complexity index is 1080. The van der Waals surface area contributed by atoms with Crippen molar-refractivity contribution in [2.75, 3.05) is 6.61 Å². The second-order valence-corrected chi connectivity index (χ2v) is 28.1. The van der Waals surface area contributed by atoms with Crippen LogP contribution in [0.5, 0.6) is 0 Å². The number of rotatable bonds is 9. The van der Waals surface area contributed by atoms with E-state index in [9.17, 15) is 4.79 Å². The van der Waals surface area contributed by atoms with E-state index in [4.69, 9.17) is 18.3 Å². The van der Waals surface area contributed by atoms with Crippen LogP contribution in [0.15, 0.2) is 11.8 Å². The number of hydrogen-bond donors (Lipinski definition) is 0. The quantitative estimate of drug-likeness (QED) is 0.182. The number of esters is 1. The van der Waals surface area contributed by atoms with Gasteiger partial charge >= 0.3 is 5.97 Å². The van der Waals surface area contributed by atoms with Crippen molar-refractivity contribution < 1.29 is 23.1 Å². The summed E-state index contributed by atoms with van der Waals surface area (Å²) in [6.45, 7) is 27.4. The van der Waals surface area contributed by atoms with Crippen LogP contribution in [0.25, 0.3) is 0 Å². The lowest BCUT2D eigenvalue weighted by Crippen LogP contribution is -2.55. The first kappa shape index (κ1) is 35.7. The first-order valence-electron chi connectivity index (χ1n) is 18.7. The van der Waals surface area contributed by atoms with Crippen LogP contribution < -0.4 is 0 Å². The van der Waals surface area contributed by atoms with Gasteiger partial charge in [0, 0.05) is 24.9 Å². The molecule has 5 rings (SSSR count). The van der Waals surface area contributed by atoms with Crippen LogP contribution in [-0.4, -0.2) is 41.6 Å². The second-order valence-electron chi connectivity index (χ2n) is 18.9. The minimum absolute atomic E-state index is 0.0784. The molecule has 4 fully saturated rings. The van der Waals surface area contributed by atoms with Gasteiger partial charge in [0.15, 0.2) is 8.32 Å². The first-order valence-corrected chi connectivity index (χ1v) is 25.1.